The lowest BCUT2D eigenvalue weighted by molar-refractivity contribution is 0.0955. The van der Waals surface area contributed by atoms with Crippen LogP contribution in [0.3, 0.4) is 0 Å². The van der Waals surface area contributed by atoms with Gasteiger partial charge in [-0.25, -0.2) is 0 Å². The van der Waals surface area contributed by atoms with Crippen molar-refractivity contribution in [1.82, 2.24) is 5.32 Å². The van der Waals surface area contributed by atoms with Gasteiger partial charge in [-0.2, -0.15) is 0 Å². The van der Waals surface area contributed by atoms with Crippen LogP contribution in [0, 0.1) is 0 Å². The lowest BCUT2D eigenvalue weighted by Gasteiger charge is -2.04. The minimum atomic E-state index is -0.126. The fourth-order valence-corrected chi connectivity index (χ4v) is 1.01. The van der Waals surface area contributed by atoms with Crippen molar-refractivity contribution < 1.29 is 4.79 Å². The second kappa shape index (κ2) is 5.21. The van der Waals surface area contributed by atoms with Crippen LogP contribution in [-0.2, 0) is 0 Å². The van der Waals surface area contributed by atoms with E-state index in [1.54, 1.807) is 24.3 Å². The van der Waals surface area contributed by atoms with Crippen molar-refractivity contribution in [2.75, 3.05) is 18.5 Å². The first-order chi connectivity index (χ1) is 6.77. The molecule has 0 aromatic heterocycles. The van der Waals surface area contributed by atoms with Gasteiger partial charge in [0.05, 0.1) is 0 Å². The number of nitrogen functional groups attached to an aromatic ring is 1. The first kappa shape index (κ1) is 10.5. The summed E-state index contributed by atoms with van der Waals surface area (Å²) >= 11 is 0. The van der Waals surface area contributed by atoms with Crippen LogP contribution in [0.1, 0.15) is 10.4 Å². The molecule has 0 heterocycles. The lowest BCUT2D eigenvalue weighted by Crippen LogP contribution is -2.28. The number of anilines is 1. The van der Waals surface area contributed by atoms with Crippen molar-refractivity contribution in [3.8, 4) is 0 Å². The Morgan fingerprint density at radius 2 is 1.93 bits per heavy atom. The maximum atomic E-state index is 11.4. The number of nitrogens with two attached hydrogens (primary N) is 2. The summed E-state index contributed by atoms with van der Waals surface area (Å²) in [5.41, 5.74) is 9.10. The number of carbonyl (C=O) groups is 1. The molecule has 6 N–H and O–H groups in total. The van der Waals surface area contributed by atoms with Crippen molar-refractivity contribution in [2.24, 2.45) is 11.6 Å². The molecular weight excluding hydrogens is 180 g/mol. The smallest absolute Gasteiger partial charge is 0.251 e. The van der Waals surface area contributed by atoms with Gasteiger partial charge in [0, 0.05) is 24.3 Å². The Morgan fingerprint density at radius 3 is 2.43 bits per heavy atom. The number of nitrogens with one attached hydrogen (secondary N) is 2. The maximum Gasteiger partial charge on any atom is 0.251 e. The molecule has 5 nitrogen and oxygen atoms in total. The Kier molecular flexibility index (Phi) is 3.90. The van der Waals surface area contributed by atoms with E-state index in [-0.39, 0.29) is 5.91 Å². The molecule has 0 atom stereocenters. The molecule has 5 heteroatoms. The normalized spacial score (nSPS) is 9.57. The standard InChI is InChI=1S/C9H14N4O/c10-5-6-12-9(14)7-1-3-8(13-11)4-2-7/h1-4,13H,5-6,10-11H2,(H,12,14). The topological polar surface area (TPSA) is 93.2 Å². The van der Waals surface area contributed by atoms with E-state index in [9.17, 15) is 4.79 Å². The predicted molar refractivity (Wildman–Crippen MR) is 55.6 cm³/mol. The fourth-order valence-electron chi connectivity index (χ4n) is 1.01. The lowest BCUT2D eigenvalue weighted by atomic mass is 10.2. The summed E-state index contributed by atoms with van der Waals surface area (Å²) in [6.07, 6.45) is 0. The number of hydrogen-bond acceptors (Lipinski definition) is 4. The molecule has 1 amide bonds. The first-order valence-corrected chi connectivity index (χ1v) is 4.33. The molecule has 0 radical (unpaired) electrons. The van der Waals surface area contributed by atoms with Gasteiger partial charge in [0.1, 0.15) is 0 Å². The van der Waals surface area contributed by atoms with Gasteiger partial charge in [-0.3, -0.25) is 10.6 Å². The largest absolute Gasteiger partial charge is 0.351 e. The zero-order chi connectivity index (χ0) is 10.4. The second-order valence-corrected chi connectivity index (χ2v) is 2.77. The van der Waals surface area contributed by atoms with Crippen molar-refractivity contribution in [1.29, 1.82) is 0 Å². The van der Waals surface area contributed by atoms with Crippen LogP contribution in [0.25, 0.3) is 0 Å². The zero-order valence-electron chi connectivity index (χ0n) is 7.79. The zero-order valence-corrected chi connectivity index (χ0v) is 7.79. The minimum Gasteiger partial charge on any atom is -0.351 e. The summed E-state index contributed by atoms with van der Waals surface area (Å²) in [4.78, 5) is 11.4. The minimum absolute atomic E-state index is 0.126. The van der Waals surface area contributed by atoms with E-state index in [4.69, 9.17) is 11.6 Å². The molecule has 76 valence electrons. The summed E-state index contributed by atoms with van der Waals surface area (Å²) in [5, 5.41) is 2.67. The quantitative estimate of drug-likeness (QED) is 0.389. The number of hydrogen-bond donors (Lipinski definition) is 4. The summed E-state index contributed by atoms with van der Waals surface area (Å²) in [5.74, 6) is 5.06. The molecular formula is C9H14N4O. The second-order valence-electron chi connectivity index (χ2n) is 2.77. The molecule has 0 fully saturated rings. The highest BCUT2D eigenvalue weighted by Crippen LogP contribution is 2.07. The first-order valence-electron chi connectivity index (χ1n) is 4.33. The summed E-state index contributed by atoms with van der Waals surface area (Å²) in [6.45, 7) is 0.921. The van der Waals surface area contributed by atoms with E-state index in [2.05, 4.69) is 10.7 Å². The highest BCUT2D eigenvalue weighted by Gasteiger charge is 2.02. The average Bonchev–Trinajstić information content (AvgIpc) is 2.26. The molecule has 0 saturated carbocycles. The van der Waals surface area contributed by atoms with E-state index in [0.717, 1.165) is 5.69 Å². The number of carbonyl (C=O) groups excluding carboxylic acids is 1. The highest BCUT2D eigenvalue weighted by atomic mass is 16.1. The average molecular weight is 194 g/mol. The van der Waals surface area contributed by atoms with Crippen LogP contribution >= 0.6 is 0 Å². The molecule has 0 aliphatic carbocycles. The summed E-state index contributed by atoms with van der Waals surface area (Å²) < 4.78 is 0. The van der Waals surface area contributed by atoms with Crippen LogP contribution in [0.15, 0.2) is 24.3 Å². The molecule has 0 saturated heterocycles. The molecule has 1 aromatic carbocycles. The number of benzene rings is 1. The molecule has 1 aromatic rings. The van der Waals surface area contributed by atoms with Crippen LogP contribution in [0.4, 0.5) is 5.69 Å². The molecule has 0 aliphatic rings. The van der Waals surface area contributed by atoms with E-state index < -0.39 is 0 Å². The Bertz CT molecular complexity index is 296. The van der Waals surface area contributed by atoms with Crippen LogP contribution in [0.2, 0.25) is 0 Å². The molecule has 1 rings (SSSR count). The third-order valence-electron chi connectivity index (χ3n) is 1.74. The van der Waals surface area contributed by atoms with Crippen molar-refractivity contribution in [2.45, 2.75) is 0 Å². The van der Waals surface area contributed by atoms with E-state index in [1.807, 2.05) is 0 Å². The number of amides is 1. The van der Waals surface area contributed by atoms with Gasteiger partial charge in [0.2, 0.25) is 0 Å². The van der Waals surface area contributed by atoms with Gasteiger partial charge in [0.25, 0.3) is 5.91 Å². The summed E-state index contributed by atoms with van der Waals surface area (Å²) in [6, 6.07) is 6.86. The van der Waals surface area contributed by atoms with Crippen molar-refractivity contribution in [3.05, 3.63) is 29.8 Å². The SMILES string of the molecule is NCCNC(=O)c1ccc(NN)cc1. The Balaban J connectivity index is 2.62. The molecule has 0 spiro atoms. The van der Waals surface area contributed by atoms with Gasteiger partial charge < -0.3 is 16.5 Å². The van der Waals surface area contributed by atoms with Crippen LogP contribution in [0.5, 0.6) is 0 Å². The predicted octanol–water partition coefficient (Wildman–Crippen LogP) is -0.339. The van der Waals surface area contributed by atoms with E-state index >= 15 is 0 Å². The van der Waals surface area contributed by atoms with Crippen LogP contribution < -0.4 is 22.3 Å². The molecule has 0 aliphatic heterocycles. The Morgan fingerprint density at radius 1 is 1.29 bits per heavy atom. The Labute approximate surface area is 82.4 Å². The highest BCUT2D eigenvalue weighted by molar-refractivity contribution is 5.94. The van der Waals surface area contributed by atoms with Crippen molar-refractivity contribution in [3.63, 3.8) is 0 Å². The monoisotopic (exact) mass is 194 g/mol. The van der Waals surface area contributed by atoms with Gasteiger partial charge >= 0.3 is 0 Å². The fraction of sp³-hybridized carbons (Fsp3) is 0.222. The van der Waals surface area contributed by atoms with Crippen molar-refractivity contribution >= 4 is 11.6 Å². The molecule has 0 unspecified atom stereocenters. The van der Waals surface area contributed by atoms with Gasteiger partial charge in [-0.1, -0.05) is 0 Å². The van der Waals surface area contributed by atoms with Gasteiger partial charge in [0.15, 0.2) is 0 Å². The van der Waals surface area contributed by atoms with Gasteiger partial charge in [-0.15, -0.1) is 0 Å². The van der Waals surface area contributed by atoms with E-state index in [1.165, 1.54) is 0 Å². The third kappa shape index (κ3) is 2.72. The maximum absolute atomic E-state index is 11.4. The Hall–Kier alpha value is -1.59. The number of rotatable bonds is 4. The van der Waals surface area contributed by atoms with Gasteiger partial charge in [-0.05, 0) is 24.3 Å². The molecule has 0 bridgehead atoms. The summed E-state index contributed by atoms with van der Waals surface area (Å²) in [7, 11) is 0. The third-order valence-corrected chi connectivity index (χ3v) is 1.74. The molecule has 14 heavy (non-hydrogen) atoms. The van der Waals surface area contributed by atoms with E-state index in [0.29, 0.717) is 18.7 Å². The van der Waals surface area contributed by atoms with Crippen LogP contribution in [-0.4, -0.2) is 19.0 Å². The number of hydrazine groups is 1.